The highest BCUT2D eigenvalue weighted by atomic mass is 19.1. The molecule has 1 atom stereocenters. The van der Waals surface area contributed by atoms with Gasteiger partial charge in [-0.15, -0.1) is 0 Å². The maximum absolute atomic E-state index is 13.3. The largest absolute Gasteiger partial charge is 0.356 e. The number of hydrogen-bond donors (Lipinski definition) is 1. The highest BCUT2D eigenvalue weighted by molar-refractivity contribution is 5.98. The first-order chi connectivity index (χ1) is 12.1. The lowest BCUT2D eigenvalue weighted by Gasteiger charge is -2.28. The zero-order chi connectivity index (χ0) is 17.8. The normalized spacial score (nSPS) is 14.3. The van der Waals surface area contributed by atoms with Crippen molar-refractivity contribution in [3.05, 3.63) is 71.0 Å². The van der Waals surface area contributed by atoms with Crippen LogP contribution in [0.2, 0.25) is 0 Å². The molecule has 0 fully saturated rings. The summed E-state index contributed by atoms with van der Waals surface area (Å²) < 4.78 is 13.3. The van der Waals surface area contributed by atoms with Crippen molar-refractivity contribution in [2.45, 2.75) is 32.4 Å². The Morgan fingerprint density at radius 1 is 1.20 bits per heavy atom. The molecule has 2 amide bonds. The quantitative estimate of drug-likeness (QED) is 0.876. The van der Waals surface area contributed by atoms with Crippen molar-refractivity contribution >= 4 is 11.8 Å². The average Bonchev–Trinajstić information content (AvgIpc) is 2.96. The second kappa shape index (κ2) is 7.47. The van der Waals surface area contributed by atoms with Crippen LogP contribution < -0.4 is 5.32 Å². The maximum atomic E-state index is 13.3. The molecule has 0 saturated heterocycles. The molecule has 0 saturated carbocycles. The van der Waals surface area contributed by atoms with E-state index in [1.807, 2.05) is 25.1 Å². The molecule has 2 aromatic carbocycles. The minimum Gasteiger partial charge on any atom is -0.356 e. The Labute approximate surface area is 146 Å². The van der Waals surface area contributed by atoms with Crippen molar-refractivity contribution in [1.29, 1.82) is 0 Å². The fourth-order valence-electron chi connectivity index (χ4n) is 3.13. The minimum atomic E-state index is -0.419. The number of nitrogens with one attached hydrogen (secondary N) is 1. The van der Waals surface area contributed by atoms with E-state index in [1.54, 1.807) is 23.1 Å². The van der Waals surface area contributed by atoms with Gasteiger partial charge in [0.15, 0.2) is 0 Å². The first-order valence-electron chi connectivity index (χ1n) is 8.51. The minimum absolute atomic E-state index is 0.0896. The number of hydrogen-bond acceptors (Lipinski definition) is 2. The third-order valence-corrected chi connectivity index (χ3v) is 4.43. The van der Waals surface area contributed by atoms with Crippen molar-refractivity contribution in [2.24, 2.45) is 0 Å². The van der Waals surface area contributed by atoms with Gasteiger partial charge < -0.3 is 10.2 Å². The summed E-state index contributed by atoms with van der Waals surface area (Å²) in [7, 11) is 0. The van der Waals surface area contributed by atoms with Crippen molar-refractivity contribution < 1.29 is 14.0 Å². The van der Waals surface area contributed by atoms with E-state index < -0.39 is 6.04 Å². The van der Waals surface area contributed by atoms with Crippen molar-refractivity contribution in [1.82, 2.24) is 10.2 Å². The van der Waals surface area contributed by atoms with Crippen molar-refractivity contribution in [2.75, 3.05) is 6.54 Å². The predicted molar refractivity (Wildman–Crippen MR) is 93.4 cm³/mol. The molecule has 0 bridgehead atoms. The molecule has 1 heterocycles. The summed E-state index contributed by atoms with van der Waals surface area (Å²) in [5.41, 5.74) is 2.38. The van der Waals surface area contributed by atoms with Gasteiger partial charge in [0.25, 0.3) is 5.91 Å². The Balaban J connectivity index is 1.88. The van der Waals surface area contributed by atoms with Gasteiger partial charge in [0, 0.05) is 18.7 Å². The first kappa shape index (κ1) is 17.1. The first-order valence-corrected chi connectivity index (χ1v) is 8.51. The number of halogens is 1. The van der Waals surface area contributed by atoms with E-state index in [0.717, 1.165) is 17.5 Å². The summed E-state index contributed by atoms with van der Waals surface area (Å²) in [6, 6.07) is 13.0. The molecule has 0 aliphatic carbocycles. The highest BCUT2D eigenvalue weighted by Crippen LogP contribution is 2.33. The van der Waals surface area contributed by atoms with E-state index in [4.69, 9.17) is 0 Å². The summed E-state index contributed by atoms with van der Waals surface area (Å²) in [5, 5.41) is 2.85. The molecule has 0 spiro atoms. The molecule has 4 nitrogen and oxygen atoms in total. The zero-order valence-corrected chi connectivity index (χ0v) is 14.2. The van der Waals surface area contributed by atoms with E-state index >= 15 is 0 Å². The third kappa shape index (κ3) is 3.71. The fourth-order valence-corrected chi connectivity index (χ4v) is 3.13. The Kier molecular flexibility index (Phi) is 5.12. The Morgan fingerprint density at radius 2 is 1.92 bits per heavy atom. The van der Waals surface area contributed by atoms with Crippen LogP contribution in [0.3, 0.4) is 0 Å². The van der Waals surface area contributed by atoms with Crippen LogP contribution in [0.4, 0.5) is 4.39 Å². The number of amides is 2. The van der Waals surface area contributed by atoms with Crippen molar-refractivity contribution in [3.63, 3.8) is 0 Å². The summed E-state index contributed by atoms with van der Waals surface area (Å²) in [6.45, 7) is 3.04. The second-order valence-corrected chi connectivity index (χ2v) is 6.21. The number of benzene rings is 2. The topological polar surface area (TPSA) is 49.4 Å². The number of nitrogens with zero attached hydrogens (tertiary/aromatic N) is 1. The van der Waals surface area contributed by atoms with Crippen LogP contribution in [0, 0.1) is 5.82 Å². The molecule has 1 N–H and O–H groups in total. The maximum Gasteiger partial charge on any atom is 0.255 e. The van der Waals surface area contributed by atoms with Crippen molar-refractivity contribution in [3.8, 4) is 0 Å². The van der Waals surface area contributed by atoms with E-state index in [0.29, 0.717) is 18.7 Å². The summed E-state index contributed by atoms with van der Waals surface area (Å²) in [5.74, 6) is -0.540. The summed E-state index contributed by atoms with van der Waals surface area (Å²) in [6.07, 6.45) is 1.01. The number of carbonyl (C=O) groups excluding carboxylic acids is 2. The monoisotopic (exact) mass is 340 g/mol. The van der Waals surface area contributed by atoms with Gasteiger partial charge in [-0.2, -0.15) is 0 Å². The van der Waals surface area contributed by atoms with E-state index in [2.05, 4.69) is 5.32 Å². The standard InChI is InChI=1S/C20H21FN2O2/c1-2-11-22-19(24)12-18(14-7-9-16(21)10-8-14)23-13-15-5-3-4-6-17(15)20(23)25/h3-10,18H,2,11-13H2,1H3,(H,22,24)/t18-/m0/s1. The lowest BCUT2D eigenvalue weighted by Crippen LogP contribution is -2.34. The molecule has 1 aliphatic rings. The van der Waals surface area contributed by atoms with Crippen LogP contribution in [0.5, 0.6) is 0 Å². The third-order valence-electron chi connectivity index (χ3n) is 4.43. The molecule has 3 rings (SSSR count). The van der Waals surface area contributed by atoms with Crippen LogP contribution in [0.25, 0.3) is 0 Å². The molecular formula is C20H21FN2O2. The van der Waals surface area contributed by atoms with Crippen LogP contribution in [-0.4, -0.2) is 23.3 Å². The van der Waals surface area contributed by atoms with Gasteiger partial charge in [-0.25, -0.2) is 4.39 Å². The summed E-state index contributed by atoms with van der Waals surface area (Å²) in [4.78, 5) is 26.8. The van der Waals surface area contributed by atoms with Gasteiger partial charge in [-0.05, 0) is 35.7 Å². The van der Waals surface area contributed by atoms with Crippen LogP contribution in [0.1, 0.15) is 47.3 Å². The van der Waals surface area contributed by atoms with Crippen LogP contribution in [-0.2, 0) is 11.3 Å². The smallest absolute Gasteiger partial charge is 0.255 e. The number of fused-ring (bicyclic) bond motifs is 1. The Morgan fingerprint density at radius 3 is 2.60 bits per heavy atom. The summed E-state index contributed by atoms with van der Waals surface area (Å²) >= 11 is 0. The fraction of sp³-hybridized carbons (Fsp3) is 0.300. The predicted octanol–water partition coefficient (Wildman–Crippen LogP) is 3.44. The van der Waals surface area contributed by atoms with E-state index in [1.165, 1.54) is 12.1 Å². The zero-order valence-electron chi connectivity index (χ0n) is 14.2. The van der Waals surface area contributed by atoms with Gasteiger partial charge in [0.1, 0.15) is 5.82 Å². The highest BCUT2D eigenvalue weighted by Gasteiger charge is 2.34. The van der Waals surface area contributed by atoms with Gasteiger partial charge in [-0.3, -0.25) is 9.59 Å². The van der Waals surface area contributed by atoms with E-state index in [-0.39, 0.29) is 24.1 Å². The van der Waals surface area contributed by atoms with Gasteiger partial charge in [0.05, 0.1) is 12.5 Å². The Bertz CT molecular complexity index is 774. The van der Waals surface area contributed by atoms with Gasteiger partial charge in [-0.1, -0.05) is 37.3 Å². The van der Waals surface area contributed by atoms with Crippen LogP contribution in [0.15, 0.2) is 48.5 Å². The molecule has 1 aliphatic heterocycles. The molecule has 25 heavy (non-hydrogen) atoms. The second-order valence-electron chi connectivity index (χ2n) is 6.21. The molecular weight excluding hydrogens is 319 g/mol. The molecule has 0 radical (unpaired) electrons. The van der Waals surface area contributed by atoms with Gasteiger partial charge in [0.2, 0.25) is 5.91 Å². The molecule has 0 aromatic heterocycles. The Hall–Kier alpha value is -2.69. The number of carbonyl (C=O) groups is 2. The molecule has 5 heteroatoms. The number of rotatable bonds is 6. The van der Waals surface area contributed by atoms with E-state index in [9.17, 15) is 14.0 Å². The SMILES string of the molecule is CCCNC(=O)C[C@@H](c1ccc(F)cc1)N1Cc2ccccc2C1=O. The average molecular weight is 340 g/mol. The molecule has 0 unspecified atom stereocenters. The lowest BCUT2D eigenvalue weighted by atomic mass is 10.0. The molecule has 2 aromatic rings. The van der Waals surface area contributed by atoms with Gasteiger partial charge >= 0.3 is 0 Å². The molecule has 130 valence electrons. The van der Waals surface area contributed by atoms with Crippen LogP contribution >= 0.6 is 0 Å². The lowest BCUT2D eigenvalue weighted by molar-refractivity contribution is -0.122.